The molecule has 2 aliphatic heterocycles. The van der Waals surface area contributed by atoms with Gasteiger partial charge in [-0.2, -0.15) is 5.10 Å². The van der Waals surface area contributed by atoms with Crippen LogP contribution in [-0.4, -0.2) is 45.8 Å². The summed E-state index contributed by atoms with van der Waals surface area (Å²) in [6.07, 6.45) is 2.56. The van der Waals surface area contributed by atoms with E-state index in [9.17, 15) is 13.2 Å². The van der Waals surface area contributed by atoms with Gasteiger partial charge < -0.3 is 5.11 Å². The van der Waals surface area contributed by atoms with Crippen molar-refractivity contribution in [2.75, 3.05) is 11.5 Å². The van der Waals surface area contributed by atoms with Crippen molar-refractivity contribution >= 4 is 15.8 Å². The number of aliphatic carboxylic acids is 1. The summed E-state index contributed by atoms with van der Waals surface area (Å²) in [7, 11) is -2.98. The van der Waals surface area contributed by atoms with Crippen LogP contribution < -0.4 is 0 Å². The van der Waals surface area contributed by atoms with Gasteiger partial charge in [0.05, 0.1) is 11.5 Å². The van der Waals surface area contributed by atoms with E-state index in [-0.39, 0.29) is 17.4 Å². The molecule has 7 nitrogen and oxygen atoms in total. The molecule has 0 aromatic carbocycles. The second-order valence-corrected chi connectivity index (χ2v) is 7.41. The SMILES string of the molecule is O=C(O)C1CCCc2nc(C3CCS(=O)(=O)C3)nn21. The Morgan fingerprint density at radius 2 is 2.16 bits per heavy atom. The summed E-state index contributed by atoms with van der Waals surface area (Å²) in [6.45, 7) is 0. The van der Waals surface area contributed by atoms with Crippen molar-refractivity contribution in [2.24, 2.45) is 0 Å². The summed E-state index contributed by atoms with van der Waals surface area (Å²) < 4.78 is 24.4. The van der Waals surface area contributed by atoms with Gasteiger partial charge in [-0.25, -0.2) is 22.9 Å². The predicted octanol–water partition coefficient (Wildman–Crippen LogP) is 0.142. The molecule has 0 radical (unpaired) electrons. The Hall–Kier alpha value is -1.44. The maximum Gasteiger partial charge on any atom is 0.328 e. The van der Waals surface area contributed by atoms with Gasteiger partial charge in [-0.1, -0.05) is 0 Å². The van der Waals surface area contributed by atoms with E-state index in [1.165, 1.54) is 4.68 Å². The fourth-order valence-electron chi connectivity index (χ4n) is 2.77. The van der Waals surface area contributed by atoms with Crippen molar-refractivity contribution in [2.45, 2.75) is 37.6 Å². The molecule has 0 aliphatic carbocycles. The number of carboxylic acid groups (broad SMARTS) is 1. The first-order valence-corrected chi connectivity index (χ1v) is 8.17. The van der Waals surface area contributed by atoms with Crippen LogP contribution in [0.4, 0.5) is 0 Å². The van der Waals surface area contributed by atoms with E-state index in [1.807, 2.05) is 0 Å². The highest BCUT2D eigenvalue weighted by molar-refractivity contribution is 7.91. The zero-order valence-corrected chi connectivity index (χ0v) is 11.1. The number of hydrogen-bond acceptors (Lipinski definition) is 5. The van der Waals surface area contributed by atoms with Crippen molar-refractivity contribution in [3.05, 3.63) is 11.6 Å². The minimum absolute atomic E-state index is 0.0776. The third kappa shape index (κ3) is 2.24. The minimum Gasteiger partial charge on any atom is -0.480 e. The van der Waals surface area contributed by atoms with Gasteiger partial charge in [-0.3, -0.25) is 0 Å². The standard InChI is InChI=1S/C11H15N3O4S/c15-11(16)8-2-1-3-9-12-10(13-14(8)9)7-4-5-19(17,18)6-7/h7-8H,1-6H2,(H,15,16). The monoisotopic (exact) mass is 285 g/mol. The Morgan fingerprint density at radius 3 is 2.79 bits per heavy atom. The summed E-state index contributed by atoms with van der Waals surface area (Å²) in [6, 6.07) is -0.664. The number of hydrogen-bond donors (Lipinski definition) is 1. The molecule has 2 aliphatic rings. The number of fused-ring (bicyclic) bond motifs is 1. The summed E-state index contributed by atoms with van der Waals surface area (Å²) in [5, 5.41) is 13.4. The van der Waals surface area contributed by atoms with Crippen LogP contribution in [0.1, 0.15) is 42.9 Å². The van der Waals surface area contributed by atoms with E-state index < -0.39 is 21.8 Å². The molecule has 19 heavy (non-hydrogen) atoms. The van der Waals surface area contributed by atoms with Crippen molar-refractivity contribution < 1.29 is 18.3 Å². The first-order chi connectivity index (χ1) is 8.96. The molecule has 0 bridgehead atoms. The van der Waals surface area contributed by atoms with E-state index >= 15 is 0 Å². The number of rotatable bonds is 2. The van der Waals surface area contributed by atoms with E-state index in [0.29, 0.717) is 30.9 Å². The number of sulfone groups is 1. The Kier molecular flexibility index (Phi) is 2.84. The quantitative estimate of drug-likeness (QED) is 0.829. The van der Waals surface area contributed by atoms with Crippen LogP contribution in [0, 0.1) is 0 Å². The van der Waals surface area contributed by atoms with Crippen LogP contribution in [0.5, 0.6) is 0 Å². The Bertz CT molecular complexity index is 622. The van der Waals surface area contributed by atoms with E-state index in [0.717, 1.165) is 6.42 Å². The Morgan fingerprint density at radius 1 is 1.37 bits per heavy atom. The first kappa shape index (κ1) is 12.6. The van der Waals surface area contributed by atoms with Gasteiger partial charge in [0.1, 0.15) is 5.82 Å². The zero-order chi connectivity index (χ0) is 13.6. The Balaban J connectivity index is 1.92. The Labute approximate surface area is 110 Å². The number of carboxylic acids is 1. The second-order valence-electron chi connectivity index (χ2n) is 5.18. The first-order valence-electron chi connectivity index (χ1n) is 6.35. The number of aromatic nitrogens is 3. The zero-order valence-electron chi connectivity index (χ0n) is 10.3. The predicted molar refractivity (Wildman–Crippen MR) is 65.6 cm³/mol. The molecule has 1 aromatic rings. The average Bonchev–Trinajstić information content (AvgIpc) is 2.90. The van der Waals surface area contributed by atoms with Gasteiger partial charge in [-0.15, -0.1) is 0 Å². The topological polar surface area (TPSA) is 102 Å². The largest absolute Gasteiger partial charge is 0.480 e. The van der Waals surface area contributed by atoms with Crippen LogP contribution in [-0.2, 0) is 21.1 Å². The third-order valence-electron chi connectivity index (χ3n) is 3.77. The number of carbonyl (C=O) groups is 1. The highest BCUT2D eigenvalue weighted by Crippen LogP contribution is 2.30. The molecule has 2 atom stereocenters. The highest BCUT2D eigenvalue weighted by Gasteiger charge is 2.35. The molecule has 2 unspecified atom stereocenters. The highest BCUT2D eigenvalue weighted by atomic mass is 32.2. The van der Waals surface area contributed by atoms with E-state index in [1.54, 1.807) is 0 Å². The van der Waals surface area contributed by atoms with Crippen LogP contribution in [0.15, 0.2) is 0 Å². The molecule has 1 saturated heterocycles. The fraction of sp³-hybridized carbons (Fsp3) is 0.727. The lowest BCUT2D eigenvalue weighted by Crippen LogP contribution is -2.26. The second kappa shape index (κ2) is 4.29. The van der Waals surface area contributed by atoms with Gasteiger partial charge in [0.15, 0.2) is 21.7 Å². The molecule has 1 N–H and O–H groups in total. The molecular formula is C11H15N3O4S. The summed E-state index contributed by atoms with van der Waals surface area (Å²) >= 11 is 0. The third-order valence-corrected chi connectivity index (χ3v) is 5.54. The summed E-state index contributed by atoms with van der Waals surface area (Å²) in [5.74, 6) is 0.314. The minimum atomic E-state index is -2.98. The van der Waals surface area contributed by atoms with E-state index in [4.69, 9.17) is 5.11 Å². The van der Waals surface area contributed by atoms with Gasteiger partial charge in [0, 0.05) is 12.3 Å². The lowest BCUT2D eigenvalue weighted by atomic mass is 10.1. The molecular weight excluding hydrogens is 270 g/mol. The molecule has 0 saturated carbocycles. The van der Waals surface area contributed by atoms with Gasteiger partial charge in [-0.05, 0) is 19.3 Å². The molecule has 0 spiro atoms. The lowest BCUT2D eigenvalue weighted by Gasteiger charge is -2.19. The maximum atomic E-state index is 11.5. The smallest absolute Gasteiger partial charge is 0.328 e. The average molecular weight is 285 g/mol. The maximum absolute atomic E-state index is 11.5. The molecule has 3 heterocycles. The van der Waals surface area contributed by atoms with Crippen LogP contribution in [0.25, 0.3) is 0 Å². The van der Waals surface area contributed by atoms with Crippen molar-refractivity contribution in [3.63, 3.8) is 0 Å². The van der Waals surface area contributed by atoms with Crippen molar-refractivity contribution in [1.29, 1.82) is 0 Å². The van der Waals surface area contributed by atoms with Gasteiger partial charge in [0.2, 0.25) is 0 Å². The molecule has 1 fully saturated rings. The van der Waals surface area contributed by atoms with Crippen LogP contribution >= 0.6 is 0 Å². The molecule has 1 aromatic heterocycles. The van der Waals surface area contributed by atoms with Crippen LogP contribution in [0.3, 0.4) is 0 Å². The van der Waals surface area contributed by atoms with Crippen molar-refractivity contribution in [1.82, 2.24) is 14.8 Å². The van der Waals surface area contributed by atoms with Gasteiger partial charge >= 0.3 is 5.97 Å². The van der Waals surface area contributed by atoms with E-state index in [2.05, 4.69) is 10.1 Å². The molecule has 0 amide bonds. The number of aryl methyl sites for hydroxylation is 1. The molecule has 3 rings (SSSR count). The molecule has 104 valence electrons. The summed E-state index contributed by atoms with van der Waals surface area (Å²) in [5.41, 5.74) is 0. The molecule has 8 heteroatoms. The van der Waals surface area contributed by atoms with Gasteiger partial charge in [0.25, 0.3) is 0 Å². The lowest BCUT2D eigenvalue weighted by molar-refractivity contribution is -0.141. The van der Waals surface area contributed by atoms with Crippen LogP contribution in [0.2, 0.25) is 0 Å². The van der Waals surface area contributed by atoms with Crippen molar-refractivity contribution in [3.8, 4) is 0 Å². The fourth-order valence-corrected chi connectivity index (χ4v) is 4.51. The normalized spacial score (nSPS) is 29.1. The summed E-state index contributed by atoms with van der Waals surface area (Å²) in [4.78, 5) is 15.5. The number of nitrogens with zero attached hydrogens (tertiary/aromatic N) is 3.